The molecule has 0 unspecified atom stereocenters. The Bertz CT molecular complexity index is 587. The molecule has 2 rings (SSSR count). The van der Waals surface area contributed by atoms with Crippen molar-refractivity contribution in [2.24, 2.45) is 5.92 Å². The molecule has 4 nitrogen and oxygen atoms in total. The summed E-state index contributed by atoms with van der Waals surface area (Å²) in [5.74, 6) is 1.48. The van der Waals surface area contributed by atoms with Crippen molar-refractivity contribution in [3.05, 3.63) is 46.0 Å². The number of hydrogen-bond acceptors (Lipinski definition) is 4. The maximum atomic E-state index is 13.1. The summed E-state index contributed by atoms with van der Waals surface area (Å²) in [5, 5.41) is 7.26. The topological polar surface area (TPSA) is 47.3 Å². The molecule has 21 heavy (non-hydrogen) atoms. The summed E-state index contributed by atoms with van der Waals surface area (Å²) in [7, 11) is 0. The molecule has 0 bridgehead atoms. The smallest absolute Gasteiger partial charge is 0.174 e. The van der Waals surface area contributed by atoms with E-state index in [-0.39, 0.29) is 12.4 Å². The van der Waals surface area contributed by atoms with E-state index in [0.29, 0.717) is 28.4 Å². The van der Waals surface area contributed by atoms with Gasteiger partial charge >= 0.3 is 0 Å². The summed E-state index contributed by atoms with van der Waals surface area (Å²) in [6.07, 6.45) is 0. The minimum Gasteiger partial charge on any atom is -0.486 e. The summed E-state index contributed by atoms with van der Waals surface area (Å²) >= 11 is 3.12. The second kappa shape index (κ2) is 7.56. The number of nitrogens with one attached hydrogen (secondary N) is 1. The first-order valence-corrected chi connectivity index (χ1v) is 7.57. The second-order valence-electron chi connectivity index (χ2n) is 5.17. The Morgan fingerprint density at radius 3 is 2.90 bits per heavy atom. The van der Waals surface area contributed by atoms with E-state index >= 15 is 0 Å². The largest absolute Gasteiger partial charge is 0.486 e. The van der Waals surface area contributed by atoms with Gasteiger partial charge in [0.2, 0.25) is 0 Å². The van der Waals surface area contributed by atoms with Crippen molar-refractivity contribution in [1.82, 2.24) is 10.5 Å². The number of benzene rings is 1. The molecule has 0 aliphatic heterocycles. The molecule has 2 aromatic rings. The highest BCUT2D eigenvalue weighted by Gasteiger charge is 2.06. The molecule has 1 heterocycles. The number of nitrogens with zero attached hydrogens (tertiary/aromatic N) is 1. The number of hydrogen-bond donors (Lipinski definition) is 1. The zero-order valence-electron chi connectivity index (χ0n) is 12.0. The normalized spacial score (nSPS) is 11.1. The van der Waals surface area contributed by atoms with Gasteiger partial charge in [-0.15, -0.1) is 0 Å². The van der Waals surface area contributed by atoms with Crippen LogP contribution >= 0.6 is 15.9 Å². The van der Waals surface area contributed by atoms with Crippen LogP contribution in [0.3, 0.4) is 0 Å². The van der Waals surface area contributed by atoms with Gasteiger partial charge in [-0.05, 0) is 46.6 Å². The van der Waals surface area contributed by atoms with E-state index < -0.39 is 0 Å². The van der Waals surface area contributed by atoms with Gasteiger partial charge < -0.3 is 14.6 Å². The van der Waals surface area contributed by atoms with E-state index in [2.05, 4.69) is 40.3 Å². The summed E-state index contributed by atoms with van der Waals surface area (Å²) in [6.45, 7) is 6.16. The summed E-state index contributed by atoms with van der Waals surface area (Å²) in [4.78, 5) is 0. The Morgan fingerprint density at radius 2 is 2.19 bits per heavy atom. The molecule has 0 spiro atoms. The number of ether oxygens (including phenoxy) is 1. The van der Waals surface area contributed by atoms with Crippen molar-refractivity contribution >= 4 is 15.9 Å². The predicted molar refractivity (Wildman–Crippen MR) is 81.5 cm³/mol. The van der Waals surface area contributed by atoms with Crippen LogP contribution < -0.4 is 10.1 Å². The fraction of sp³-hybridized carbons (Fsp3) is 0.400. The lowest BCUT2D eigenvalue weighted by Gasteiger charge is -2.04. The number of rotatable bonds is 7. The Hall–Kier alpha value is -1.40. The van der Waals surface area contributed by atoms with Crippen LogP contribution in [0.25, 0.3) is 0 Å². The van der Waals surface area contributed by atoms with Gasteiger partial charge in [0.05, 0.1) is 10.2 Å². The van der Waals surface area contributed by atoms with Gasteiger partial charge in [-0.3, -0.25) is 0 Å². The summed E-state index contributed by atoms with van der Waals surface area (Å²) in [5.41, 5.74) is 0.842. The van der Waals surface area contributed by atoms with E-state index in [1.807, 2.05) is 6.07 Å². The van der Waals surface area contributed by atoms with E-state index in [9.17, 15) is 4.39 Å². The average Bonchev–Trinajstić information content (AvgIpc) is 2.88. The van der Waals surface area contributed by atoms with E-state index in [0.717, 1.165) is 12.2 Å². The highest BCUT2D eigenvalue weighted by molar-refractivity contribution is 9.10. The van der Waals surface area contributed by atoms with Crippen molar-refractivity contribution in [3.63, 3.8) is 0 Å². The SMILES string of the molecule is CC(C)CNCc1cc(COc2ccc(F)c(Br)c2)on1. The molecule has 6 heteroatoms. The molecular formula is C15H18BrFN2O2. The van der Waals surface area contributed by atoms with Gasteiger partial charge in [-0.2, -0.15) is 0 Å². The van der Waals surface area contributed by atoms with E-state index in [1.165, 1.54) is 6.07 Å². The Balaban J connectivity index is 1.83. The fourth-order valence-electron chi connectivity index (χ4n) is 1.72. The minimum absolute atomic E-state index is 0.259. The van der Waals surface area contributed by atoms with E-state index in [1.54, 1.807) is 12.1 Å². The molecule has 1 aromatic carbocycles. The third-order valence-corrected chi connectivity index (χ3v) is 3.35. The van der Waals surface area contributed by atoms with E-state index in [4.69, 9.17) is 9.26 Å². The molecule has 0 aliphatic rings. The average molecular weight is 357 g/mol. The van der Waals surface area contributed by atoms with Crippen LogP contribution in [0.5, 0.6) is 5.75 Å². The first kappa shape index (κ1) is 16.0. The molecule has 0 aliphatic carbocycles. The molecule has 0 saturated carbocycles. The molecule has 0 fully saturated rings. The Morgan fingerprint density at radius 1 is 1.38 bits per heavy atom. The fourth-order valence-corrected chi connectivity index (χ4v) is 2.07. The minimum atomic E-state index is -0.319. The van der Waals surface area contributed by atoms with Gasteiger partial charge in [-0.25, -0.2) is 4.39 Å². The van der Waals surface area contributed by atoms with Crippen LogP contribution in [0, 0.1) is 11.7 Å². The molecule has 1 aromatic heterocycles. The maximum Gasteiger partial charge on any atom is 0.174 e. The first-order chi connectivity index (χ1) is 10.0. The first-order valence-electron chi connectivity index (χ1n) is 6.77. The third-order valence-electron chi connectivity index (χ3n) is 2.74. The lowest BCUT2D eigenvalue weighted by molar-refractivity contribution is 0.248. The molecule has 0 amide bonds. The number of halogens is 2. The molecule has 0 saturated heterocycles. The summed E-state index contributed by atoms with van der Waals surface area (Å²) < 4.78 is 24.2. The monoisotopic (exact) mass is 356 g/mol. The van der Waals surface area contributed by atoms with Gasteiger partial charge in [0.1, 0.15) is 18.2 Å². The van der Waals surface area contributed by atoms with Crippen LogP contribution in [-0.2, 0) is 13.2 Å². The maximum absolute atomic E-state index is 13.1. The van der Waals surface area contributed by atoms with Crippen molar-refractivity contribution in [2.45, 2.75) is 27.0 Å². The lowest BCUT2D eigenvalue weighted by atomic mass is 10.2. The lowest BCUT2D eigenvalue weighted by Crippen LogP contribution is -2.19. The van der Waals surface area contributed by atoms with Crippen molar-refractivity contribution in [1.29, 1.82) is 0 Å². The predicted octanol–water partition coefficient (Wildman–Crippen LogP) is 3.90. The Kier molecular flexibility index (Phi) is 5.76. The second-order valence-corrected chi connectivity index (χ2v) is 6.03. The highest BCUT2D eigenvalue weighted by Crippen LogP contribution is 2.22. The standard InChI is InChI=1S/C15H18BrFN2O2/c1-10(2)7-18-8-11-5-13(21-19-11)9-20-12-3-4-15(17)14(16)6-12/h3-6,10,18H,7-9H2,1-2H3. The van der Waals surface area contributed by atoms with Crippen molar-refractivity contribution < 1.29 is 13.7 Å². The van der Waals surface area contributed by atoms with Gasteiger partial charge in [0.15, 0.2) is 5.76 Å². The molecule has 1 N–H and O–H groups in total. The van der Waals surface area contributed by atoms with Crippen LogP contribution in [0.4, 0.5) is 4.39 Å². The quantitative estimate of drug-likeness (QED) is 0.817. The highest BCUT2D eigenvalue weighted by atomic mass is 79.9. The molecule has 0 radical (unpaired) electrons. The van der Waals surface area contributed by atoms with Gasteiger partial charge in [0.25, 0.3) is 0 Å². The van der Waals surface area contributed by atoms with Crippen LogP contribution in [0.15, 0.2) is 33.3 Å². The zero-order valence-corrected chi connectivity index (χ0v) is 13.6. The van der Waals surface area contributed by atoms with Crippen LogP contribution in [-0.4, -0.2) is 11.7 Å². The van der Waals surface area contributed by atoms with Crippen LogP contribution in [0.1, 0.15) is 25.3 Å². The van der Waals surface area contributed by atoms with Crippen molar-refractivity contribution in [3.8, 4) is 5.75 Å². The van der Waals surface area contributed by atoms with Crippen LogP contribution in [0.2, 0.25) is 0 Å². The van der Waals surface area contributed by atoms with Crippen molar-refractivity contribution in [2.75, 3.05) is 6.54 Å². The Labute approximate surface area is 131 Å². The van der Waals surface area contributed by atoms with Gasteiger partial charge in [-0.1, -0.05) is 19.0 Å². The molecule has 0 atom stereocenters. The summed E-state index contributed by atoms with van der Waals surface area (Å²) in [6, 6.07) is 6.35. The molecular weight excluding hydrogens is 339 g/mol. The number of aromatic nitrogens is 1. The third kappa shape index (κ3) is 5.13. The van der Waals surface area contributed by atoms with Gasteiger partial charge in [0, 0.05) is 12.6 Å². The zero-order chi connectivity index (χ0) is 15.2. The molecule has 114 valence electrons.